The number of hydrazine groups is 1. The van der Waals surface area contributed by atoms with Crippen molar-refractivity contribution in [1.82, 2.24) is 10.9 Å². The Morgan fingerprint density at radius 3 is 2.91 bits per heavy atom. The molecule has 0 unspecified atom stereocenters. The summed E-state index contributed by atoms with van der Waals surface area (Å²) in [4.78, 5) is 0. The number of hydrazone groups is 1. The van der Waals surface area contributed by atoms with Gasteiger partial charge >= 0.3 is 0 Å². The number of hydrogen-bond donors (Lipinski definition) is 2. The predicted molar refractivity (Wildman–Crippen MR) is 95.7 cm³/mol. The van der Waals surface area contributed by atoms with Crippen molar-refractivity contribution in [1.29, 1.82) is 0 Å². The first-order valence-electron chi connectivity index (χ1n) is 7.60. The van der Waals surface area contributed by atoms with Crippen molar-refractivity contribution in [2.75, 3.05) is 18.1 Å². The Morgan fingerprint density at radius 1 is 1.36 bits per heavy atom. The second kappa shape index (κ2) is 8.42. The van der Waals surface area contributed by atoms with E-state index in [1.54, 1.807) is 6.07 Å². The highest BCUT2D eigenvalue weighted by atomic mass is 35.5. The molecule has 0 spiro atoms. The van der Waals surface area contributed by atoms with Gasteiger partial charge in [-0.2, -0.15) is 5.10 Å². The summed E-state index contributed by atoms with van der Waals surface area (Å²) in [6.45, 7) is 7.93. The zero-order valence-corrected chi connectivity index (χ0v) is 14.3. The summed E-state index contributed by atoms with van der Waals surface area (Å²) in [5.41, 5.74) is 8.91. The van der Waals surface area contributed by atoms with Gasteiger partial charge in [0.25, 0.3) is 0 Å². The fourth-order valence-corrected chi connectivity index (χ4v) is 2.74. The van der Waals surface area contributed by atoms with Gasteiger partial charge in [0.05, 0.1) is 22.1 Å². The van der Waals surface area contributed by atoms with Crippen LogP contribution in [0.2, 0.25) is 10.0 Å². The third-order valence-corrected chi connectivity index (χ3v) is 4.02. The predicted octanol–water partition coefficient (Wildman–Crippen LogP) is 4.36. The Morgan fingerprint density at radius 2 is 2.18 bits per heavy atom. The van der Waals surface area contributed by atoms with Crippen LogP contribution in [-0.4, -0.2) is 18.8 Å². The molecule has 0 fully saturated rings. The van der Waals surface area contributed by atoms with Crippen LogP contribution in [0.3, 0.4) is 0 Å². The number of anilines is 1. The monoisotopic (exact) mass is 340 g/mol. The molecule has 0 saturated heterocycles. The molecule has 0 amide bonds. The van der Waals surface area contributed by atoms with Crippen LogP contribution in [0, 0.1) is 0 Å². The Hall–Kier alpha value is -1.23. The van der Waals surface area contributed by atoms with Gasteiger partial charge in [0.2, 0.25) is 0 Å². The number of hydrogen-bond acceptors (Lipinski definition) is 4. The third-order valence-electron chi connectivity index (χ3n) is 3.48. The number of benzene rings is 1. The van der Waals surface area contributed by atoms with E-state index in [1.165, 1.54) is 12.8 Å². The van der Waals surface area contributed by atoms with E-state index in [0.717, 1.165) is 43.0 Å². The smallest absolute Gasteiger partial charge is 0.0866 e. The fraction of sp³-hybridized carbons (Fsp3) is 0.438. The molecule has 120 valence electrons. The summed E-state index contributed by atoms with van der Waals surface area (Å²) >= 11 is 12.1. The highest BCUT2D eigenvalue weighted by Gasteiger charge is 2.19. The molecular formula is C16H22Cl2N4. The molecule has 0 saturated carbocycles. The lowest BCUT2D eigenvalue weighted by Crippen LogP contribution is -2.34. The molecule has 1 aromatic rings. The van der Waals surface area contributed by atoms with E-state index < -0.39 is 0 Å². The quantitative estimate of drug-likeness (QED) is 0.545. The van der Waals surface area contributed by atoms with Gasteiger partial charge in [0.1, 0.15) is 0 Å². The zero-order valence-electron chi connectivity index (χ0n) is 12.8. The number of nitrogens with zero attached hydrogens (tertiary/aromatic N) is 2. The average Bonchev–Trinajstić information content (AvgIpc) is 2.96. The molecule has 1 aliphatic heterocycles. The molecule has 4 nitrogen and oxygen atoms in total. The van der Waals surface area contributed by atoms with E-state index in [1.807, 2.05) is 17.1 Å². The number of allylic oxidation sites excluding steroid dienone is 1. The molecule has 0 aromatic heterocycles. The van der Waals surface area contributed by atoms with Crippen LogP contribution in [0.5, 0.6) is 0 Å². The lowest BCUT2D eigenvalue weighted by Gasteiger charge is -2.15. The van der Waals surface area contributed by atoms with E-state index in [0.29, 0.717) is 10.0 Å². The Kier molecular flexibility index (Phi) is 6.55. The van der Waals surface area contributed by atoms with Crippen LogP contribution >= 0.6 is 23.2 Å². The summed E-state index contributed by atoms with van der Waals surface area (Å²) in [7, 11) is 0. The lowest BCUT2D eigenvalue weighted by atomic mass is 10.2. The molecule has 22 heavy (non-hydrogen) atoms. The first kappa shape index (κ1) is 17.1. The van der Waals surface area contributed by atoms with Crippen molar-refractivity contribution >= 4 is 34.6 Å². The fourth-order valence-electron chi connectivity index (χ4n) is 2.24. The van der Waals surface area contributed by atoms with E-state index in [-0.39, 0.29) is 0 Å². The van der Waals surface area contributed by atoms with Crippen LogP contribution in [0.25, 0.3) is 0 Å². The van der Waals surface area contributed by atoms with Gasteiger partial charge in [-0.3, -0.25) is 5.01 Å². The van der Waals surface area contributed by atoms with Gasteiger partial charge in [-0.1, -0.05) is 49.5 Å². The second-order valence-corrected chi connectivity index (χ2v) is 6.10. The standard InChI is InChI=1S/C16H22Cl2N4/c1-3-4-5-9-19-20-12(2)15-8-10-22(21-15)16-7-6-13(17)11-14(16)18/h6-7,11,19-20H,2-5,8-10H2,1H3. The number of rotatable bonds is 8. The van der Waals surface area contributed by atoms with E-state index >= 15 is 0 Å². The van der Waals surface area contributed by atoms with E-state index in [4.69, 9.17) is 23.2 Å². The van der Waals surface area contributed by atoms with Crippen LogP contribution in [0.15, 0.2) is 35.6 Å². The van der Waals surface area contributed by atoms with Gasteiger partial charge in [0, 0.05) is 24.5 Å². The highest BCUT2D eigenvalue weighted by Crippen LogP contribution is 2.31. The largest absolute Gasteiger partial charge is 0.320 e. The van der Waals surface area contributed by atoms with Crippen LogP contribution in [0.4, 0.5) is 5.69 Å². The minimum Gasteiger partial charge on any atom is -0.320 e. The molecule has 1 heterocycles. The normalized spacial score (nSPS) is 14.1. The molecule has 0 aliphatic carbocycles. The maximum atomic E-state index is 6.22. The van der Waals surface area contributed by atoms with Crippen LogP contribution in [0.1, 0.15) is 32.6 Å². The molecule has 2 N–H and O–H groups in total. The van der Waals surface area contributed by atoms with Crippen molar-refractivity contribution in [3.05, 3.63) is 40.5 Å². The highest BCUT2D eigenvalue weighted by molar-refractivity contribution is 6.36. The molecule has 6 heteroatoms. The zero-order chi connectivity index (χ0) is 15.9. The third kappa shape index (κ3) is 4.63. The Labute approximate surface area is 142 Å². The molecule has 0 radical (unpaired) electrons. The van der Waals surface area contributed by atoms with Crippen molar-refractivity contribution in [2.45, 2.75) is 32.6 Å². The summed E-state index contributed by atoms with van der Waals surface area (Å²) in [5.74, 6) is 0. The number of halogens is 2. The van der Waals surface area contributed by atoms with Crippen molar-refractivity contribution in [3.63, 3.8) is 0 Å². The molecule has 2 rings (SSSR count). The van der Waals surface area contributed by atoms with Gasteiger partial charge < -0.3 is 5.43 Å². The Bertz CT molecular complexity index is 557. The molecule has 1 aliphatic rings. The summed E-state index contributed by atoms with van der Waals surface area (Å²) < 4.78 is 0. The summed E-state index contributed by atoms with van der Waals surface area (Å²) in [5, 5.41) is 7.70. The van der Waals surface area contributed by atoms with Gasteiger partial charge in [-0.05, 0) is 24.6 Å². The topological polar surface area (TPSA) is 39.7 Å². The van der Waals surface area contributed by atoms with E-state index in [2.05, 4.69) is 29.5 Å². The lowest BCUT2D eigenvalue weighted by molar-refractivity contribution is 0.569. The second-order valence-electron chi connectivity index (χ2n) is 5.25. The molecule has 1 aromatic carbocycles. The van der Waals surface area contributed by atoms with Gasteiger partial charge in [0.15, 0.2) is 0 Å². The summed E-state index contributed by atoms with van der Waals surface area (Å²) in [6.07, 6.45) is 4.42. The molecular weight excluding hydrogens is 319 g/mol. The minimum absolute atomic E-state index is 0.605. The van der Waals surface area contributed by atoms with Gasteiger partial charge in [-0.25, -0.2) is 5.43 Å². The van der Waals surface area contributed by atoms with Crippen LogP contribution < -0.4 is 15.9 Å². The first-order valence-corrected chi connectivity index (χ1v) is 8.35. The number of nitrogens with one attached hydrogen (secondary N) is 2. The van der Waals surface area contributed by atoms with Crippen molar-refractivity contribution in [2.24, 2.45) is 5.10 Å². The van der Waals surface area contributed by atoms with Crippen molar-refractivity contribution in [3.8, 4) is 0 Å². The molecule has 0 atom stereocenters. The minimum atomic E-state index is 0.605. The van der Waals surface area contributed by atoms with Gasteiger partial charge in [-0.15, -0.1) is 0 Å². The SMILES string of the molecule is C=C(NNCCCCC)C1=NN(c2ccc(Cl)cc2Cl)CC1. The maximum Gasteiger partial charge on any atom is 0.0866 e. The Balaban J connectivity index is 1.89. The first-order chi connectivity index (χ1) is 10.6. The van der Waals surface area contributed by atoms with Crippen molar-refractivity contribution < 1.29 is 0 Å². The van der Waals surface area contributed by atoms with E-state index in [9.17, 15) is 0 Å². The maximum absolute atomic E-state index is 6.22. The average molecular weight is 341 g/mol. The number of unbranched alkanes of at least 4 members (excludes halogenated alkanes) is 2. The molecule has 0 bridgehead atoms. The van der Waals surface area contributed by atoms with Crippen LogP contribution in [-0.2, 0) is 0 Å². The summed E-state index contributed by atoms with van der Waals surface area (Å²) in [6, 6.07) is 5.43.